The minimum Gasteiger partial charge on any atom is -0.388 e. The third-order valence-corrected chi connectivity index (χ3v) is 2.56. The molecule has 1 aromatic rings. The van der Waals surface area contributed by atoms with Crippen LogP contribution in [0.4, 0.5) is 5.69 Å². The van der Waals surface area contributed by atoms with Crippen LogP contribution in [0.2, 0.25) is 0 Å². The number of pyridine rings is 1. The van der Waals surface area contributed by atoms with E-state index in [1.54, 1.807) is 6.20 Å². The lowest BCUT2D eigenvalue weighted by molar-refractivity contribution is -0.119. The van der Waals surface area contributed by atoms with E-state index in [9.17, 15) is 4.79 Å². The molecule has 0 spiro atoms. The van der Waals surface area contributed by atoms with Crippen molar-refractivity contribution in [2.75, 3.05) is 18.9 Å². The van der Waals surface area contributed by atoms with Crippen molar-refractivity contribution in [3.05, 3.63) is 24.0 Å². The topological polar surface area (TPSA) is 71.2 Å². The highest BCUT2D eigenvalue weighted by Gasteiger charge is 2.13. The minimum atomic E-state index is -0.316. The first-order chi connectivity index (χ1) is 8.02. The highest BCUT2D eigenvalue weighted by atomic mass is 16.1. The van der Waals surface area contributed by atoms with E-state index in [0.717, 1.165) is 11.4 Å². The molecule has 1 amide bonds. The Morgan fingerprint density at radius 2 is 2.29 bits per heavy atom. The molecule has 0 fully saturated rings. The second-order valence-corrected chi connectivity index (χ2v) is 4.25. The molecule has 0 aliphatic heterocycles. The molecule has 0 bridgehead atoms. The van der Waals surface area contributed by atoms with Crippen molar-refractivity contribution in [3.8, 4) is 0 Å². The van der Waals surface area contributed by atoms with Crippen LogP contribution < -0.4 is 11.1 Å². The molecule has 3 N–H and O–H groups in total. The SMILES string of the molecule is CNc1ccnc(CN(CC(N)=O)C(C)C)c1. The minimum absolute atomic E-state index is 0.252. The van der Waals surface area contributed by atoms with Gasteiger partial charge in [0.15, 0.2) is 0 Å². The van der Waals surface area contributed by atoms with E-state index in [1.807, 2.05) is 37.9 Å². The molecule has 0 aliphatic rings. The van der Waals surface area contributed by atoms with Gasteiger partial charge < -0.3 is 11.1 Å². The molecule has 17 heavy (non-hydrogen) atoms. The maximum Gasteiger partial charge on any atom is 0.231 e. The predicted octanol–water partition coefficient (Wildman–Crippen LogP) is 0.819. The number of primary amides is 1. The van der Waals surface area contributed by atoms with Crippen LogP contribution in [0.15, 0.2) is 18.3 Å². The molecule has 94 valence electrons. The van der Waals surface area contributed by atoms with Crippen LogP contribution in [0.1, 0.15) is 19.5 Å². The highest BCUT2D eigenvalue weighted by Crippen LogP contribution is 2.10. The molecular formula is C12H20N4O. The number of hydrogen-bond donors (Lipinski definition) is 2. The van der Waals surface area contributed by atoms with E-state index in [-0.39, 0.29) is 18.5 Å². The fraction of sp³-hybridized carbons (Fsp3) is 0.500. The lowest BCUT2D eigenvalue weighted by Gasteiger charge is -2.24. The summed E-state index contributed by atoms with van der Waals surface area (Å²) in [5.41, 5.74) is 7.16. The second kappa shape index (κ2) is 6.20. The number of nitrogens with two attached hydrogens (primary N) is 1. The highest BCUT2D eigenvalue weighted by molar-refractivity contribution is 5.75. The van der Waals surface area contributed by atoms with E-state index < -0.39 is 0 Å². The van der Waals surface area contributed by atoms with Crippen LogP contribution in [0.3, 0.4) is 0 Å². The Hall–Kier alpha value is -1.62. The molecular weight excluding hydrogens is 216 g/mol. The molecule has 5 nitrogen and oxygen atoms in total. The maximum atomic E-state index is 11.0. The van der Waals surface area contributed by atoms with Crippen LogP contribution >= 0.6 is 0 Å². The van der Waals surface area contributed by atoms with Crippen molar-refractivity contribution in [2.24, 2.45) is 5.73 Å². The van der Waals surface area contributed by atoms with Gasteiger partial charge in [0.05, 0.1) is 12.2 Å². The summed E-state index contributed by atoms with van der Waals surface area (Å²) in [5, 5.41) is 3.06. The zero-order valence-electron chi connectivity index (χ0n) is 10.6. The van der Waals surface area contributed by atoms with Gasteiger partial charge in [0, 0.05) is 31.5 Å². The van der Waals surface area contributed by atoms with Crippen molar-refractivity contribution >= 4 is 11.6 Å². The molecule has 0 aromatic carbocycles. The molecule has 1 aromatic heterocycles. The summed E-state index contributed by atoms with van der Waals surface area (Å²) in [7, 11) is 1.86. The molecule has 0 radical (unpaired) electrons. The van der Waals surface area contributed by atoms with Gasteiger partial charge in [-0.2, -0.15) is 0 Å². The van der Waals surface area contributed by atoms with Crippen molar-refractivity contribution in [1.82, 2.24) is 9.88 Å². The monoisotopic (exact) mass is 236 g/mol. The number of hydrogen-bond acceptors (Lipinski definition) is 4. The number of rotatable bonds is 6. The Labute approximate surface area is 102 Å². The molecule has 0 atom stereocenters. The van der Waals surface area contributed by atoms with Crippen molar-refractivity contribution < 1.29 is 4.79 Å². The van der Waals surface area contributed by atoms with Crippen LogP contribution in [0.5, 0.6) is 0 Å². The molecule has 1 rings (SSSR count). The number of amides is 1. The number of aromatic nitrogens is 1. The maximum absolute atomic E-state index is 11.0. The van der Waals surface area contributed by atoms with Crippen molar-refractivity contribution in [1.29, 1.82) is 0 Å². The summed E-state index contributed by atoms with van der Waals surface area (Å²) < 4.78 is 0. The third-order valence-electron chi connectivity index (χ3n) is 2.56. The summed E-state index contributed by atoms with van der Waals surface area (Å²) in [6.07, 6.45) is 1.75. The van der Waals surface area contributed by atoms with Crippen LogP contribution in [0, 0.1) is 0 Å². The number of nitrogens with zero attached hydrogens (tertiary/aromatic N) is 2. The third kappa shape index (κ3) is 4.40. The van der Waals surface area contributed by atoms with Crippen molar-refractivity contribution in [3.63, 3.8) is 0 Å². The molecule has 0 unspecified atom stereocenters. The molecule has 1 heterocycles. The van der Waals surface area contributed by atoms with Gasteiger partial charge in [-0.25, -0.2) is 0 Å². The van der Waals surface area contributed by atoms with Gasteiger partial charge in [0.1, 0.15) is 0 Å². The smallest absolute Gasteiger partial charge is 0.231 e. The van der Waals surface area contributed by atoms with E-state index in [0.29, 0.717) is 6.54 Å². The largest absolute Gasteiger partial charge is 0.388 e. The van der Waals surface area contributed by atoms with E-state index in [4.69, 9.17) is 5.73 Å². The first-order valence-corrected chi connectivity index (χ1v) is 5.68. The van der Waals surface area contributed by atoms with Crippen LogP contribution in [0.25, 0.3) is 0 Å². The molecule has 0 aliphatic carbocycles. The quantitative estimate of drug-likeness (QED) is 0.767. The lowest BCUT2D eigenvalue weighted by atomic mass is 10.2. The first kappa shape index (κ1) is 13.4. The molecule has 5 heteroatoms. The Balaban J connectivity index is 2.74. The standard InChI is InChI=1S/C12H20N4O/c1-9(2)16(8-12(13)17)7-11-6-10(14-3)4-5-15-11/h4-6,9H,7-8H2,1-3H3,(H2,13,17)(H,14,15). The Kier molecular flexibility index (Phi) is 4.90. The first-order valence-electron chi connectivity index (χ1n) is 5.68. The van der Waals surface area contributed by atoms with E-state index in [1.165, 1.54) is 0 Å². The van der Waals surface area contributed by atoms with Crippen LogP contribution in [-0.4, -0.2) is 35.4 Å². The fourth-order valence-corrected chi connectivity index (χ4v) is 1.55. The van der Waals surface area contributed by atoms with Gasteiger partial charge in [-0.15, -0.1) is 0 Å². The lowest BCUT2D eigenvalue weighted by Crippen LogP contribution is -2.38. The fourth-order valence-electron chi connectivity index (χ4n) is 1.55. The Morgan fingerprint density at radius 1 is 1.59 bits per heavy atom. The van der Waals surface area contributed by atoms with Gasteiger partial charge >= 0.3 is 0 Å². The van der Waals surface area contributed by atoms with Gasteiger partial charge in [-0.3, -0.25) is 14.7 Å². The normalized spacial score (nSPS) is 10.9. The van der Waals surface area contributed by atoms with Gasteiger partial charge in [0.25, 0.3) is 0 Å². The van der Waals surface area contributed by atoms with E-state index in [2.05, 4.69) is 10.3 Å². The Bertz CT molecular complexity index is 379. The number of nitrogens with one attached hydrogen (secondary N) is 1. The Morgan fingerprint density at radius 3 is 2.82 bits per heavy atom. The zero-order valence-corrected chi connectivity index (χ0v) is 10.6. The number of carbonyl (C=O) groups is 1. The predicted molar refractivity (Wildman–Crippen MR) is 68.5 cm³/mol. The second-order valence-electron chi connectivity index (χ2n) is 4.25. The average molecular weight is 236 g/mol. The number of anilines is 1. The zero-order chi connectivity index (χ0) is 12.8. The van der Waals surface area contributed by atoms with Gasteiger partial charge in [-0.1, -0.05) is 0 Å². The summed E-state index contributed by atoms with van der Waals surface area (Å²) in [5.74, 6) is -0.316. The number of carbonyl (C=O) groups excluding carboxylic acids is 1. The summed E-state index contributed by atoms with van der Waals surface area (Å²) in [6, 6.07) is 4.12. The summed E-state index contributed by atoms with van der Waals surface area (Å²) in [4.78, 5) is 17.2. The van der Waals surface area contributed by atoms with Crippen LogP contribution in [-0.2, 0) is 11.3 Å². The summed E-state index contributed by atoms with van der Waals surface area (Å²) in [6.45, 7) is 4.94. The van der Waals surface area contributed by atoms with Gasteiger partial charge in [0.2, 0.25) is 5.91 Å². The summed E-state index contributed by atoms with van der Waals surface area (Å²) >= 11 is 0. The molecule has 0 saturated heterocycles. The molecule has 0 saturated carbocycles. The van der Waals surface area contributed by atoms with E-state index >= 15 is 0 Å². The van der Waals surface area contributed by atoms with Crippen molar-refractivity contribution in [2.45, 2.75) is 26.4 Å². The van der Waals surface area contributed by atoms with Gasteiger partial charge in [-0.05, 0) is 26.0 Å². The average Bonchev–Trinajstić information content (AvgIpc) is 2.27.